The van der Waals surface area contributed by atoms with Gasteiger partial charge in [-0.2, -0.15) is 11.8 Å². The summed E-state index contributed by atoms with van der Waals surface area (Å²) in [7, 11) is 0. The molecule has 0 saturated heterocycles. The molecule has 20 heavy (non-hydrogen) atoms. The number of hydrogen-bond donors (Lipinski definition) is 2. The van der Waals surface area contributed by atoms with E-state index < -0.39 is 0 Å². The summed E-state index contributed by atoms with van der Waals surface area (Å²) in [5, 5.41) is 13.2. The van der Waals surface area contributed by atoms with Crippen LogP contribution in [-0.2, 0) is 0 Å². The fourth-order valence-electron chi connectivity index (χ4n) is 2.05. The minimum Gasteiger partial charge on any atom is -0.390 e. The zero-order chi connectivity index (χ0) is 14.5. The Bertz CT molecular complexity index is 318. The van der Waals surface area contributed by atoms with Crippen molar-refractivity contribution >= 4 is 17.4 Å². The van der Waals surface area contributed by atoms with E-state index in [1.165, 1.54) is 44.3 Å². The van der Waals surface area contributed by atoms with E-state index in [2.05, 4.69) is 12.2 Å². The predicted molar refractivity (Wildman–Crippen MR) is 91.6 cm³/mol. The normalized spacial score (nSPS) is 12.3. The van der Waals surface area contributed by atoms with Gasteiger partial charge in [-0.15, -0.1) is 0 Å². The summed E-state index contributed by atoms with van der Waals surface area (Å²) in [6, 6.07) is 10.0. The predicted octanol–water partition coefficient (Wildman–Crippen LogP) is 4.55. The molecular formula is C17H29NOS. The molecule has 1 atom stereocenters. The smallest absolute Gasteiger partial charge is 0.0802 e. The van der Waals surface area contributed by atoms with Crippen LogP contribution in [0.4, 0.5) is 5.69 Å². The third-order valence-corrected chi connectivity index (χ3v) is 4.47. The zero-order valence-electron chi connectivity index (χ0n) is 12.7. The third kappa shape index (κ3) is 9.27. The molecule has 0 fully saturated rings. The molecule has 0 amide bonds. The molecule has 1 unspecified atom stereocenters. The van der Waals surface area contributed by atoms with Crippen molar-refractivity contribution in [2.45, 2.75) is 51.6 Å². The highest BCUT2D eigenvalue weighted by Crippen LogP contribution is 2.11. The Morgan fingerprint density at radius 2 is 1.75 bits per heavy atom. The Morgan fingerprint density at radius 1 is 1.05 bits per heavy atom. The highest BCUT2D eigenvalue weighted by atomic mass is 32.2. The highest BCUT2D eigenvalue weighted by Gasteiger charge is 2.03. The lowest BCUT2D eigenvalue weighted by atomic mass is 10.1. The molecular weight excluding hydrogens is 266 g/mol. The summed E-state index contributed by atoms with van der Waals surface area (Å²) in [6.45, 7) is 2.88. The number of nitrogens with one attached hydrogen (secondary N) is 1. The van der Waals surface area contributed by atoms with Gasteiger partial charge in [0, 0.05) is 18.0 Å². The van der Waals surface area contributed by atoms with E-state index in [-0.39, 0.29) is 6.10 Å². The van der Waals surface area contributed by atoms with Gasteiger partial charge in [0.25, 0.3) is 0 Å². The first-order chi connectivity index (χ1) is 9.83. The van der Waals surface area contributed by atoms with Gasteiger partial charge in [0.2, 0.25) is 0 Å². The summed E-state index contributed by atoms with van der Waals surface area (Å²) in [5.41, 5.74) is 1.08. The van der Waals surface area contributed by atoms with Crippen LogP contribution in [0.1, 0.15) is 45.4 Å². The zero-order valence-corrected chi connectivity index (χ0v) is 13.5. The fourth-order valence-corrected chi connectivity index (χ4v) is 3.02. The van der Waals surface area contributed by atoms with Crippen molar-refractivity contribution in [1.82, 2.24) is 0 Å². The average Bonchev–Trinajstić information content (AvgIpc) is 2.49. The largest absolute Gasteiger partial charge is 0.390 e. The molecule has 1 aromatic rings. The SMILES string of the molecule is CCCCCCCCSCC(O)CNc1ccccc1. The number of thioether (sulfide) groups is 1. The van der Waals surface area contributed by atoms with Crippen LogP contribution in [0.3, 0.4) is 0 Å². The highest BCUT2D eigenvalue weighted by molar-refractivity contribution is 7.99. The van der Waals surface area contributed by atoms with Crippen LogP contribution >= 0.6 is 11.8 Å². The van der Waals surface area contributed by atoms with Gasteiger partial charge in [0.15, 0.2) is 0 Å². The molecule has 1 aromatic carbocycles. The Hall–Kier alpha value is -0.670. The lowest BCUT2D eigenvalue weighted by Gasteiger charge is -2.12. The van der Waals surface area contributed by atoms with Gasteiger partial charge in [0.1, 0.15) is 0 Å². The van der Waals surface area contributed by atoms with Crippen molar-refractivity contribution in [3.05, 3.63) is 30.3 Å². The Labute approximate surface area is 128 Å². The number of anilines is 1. The van der Waals surface area contributed by atoms with Crippen LogP contribution in [-0.4, -0.2) is 29.3 Å². The van der Waals surface area contributed by atoms with Gasteiger partial charge in [0.05, 0.1) is 6.10 Å². The van der Waals surface area contributed by atoms with Crippen molar-refractivity contribution in [2.75, 3.05) is 23.4 Å². The summed E-state index contributed by atoms with van der Waals surface area (Å²) in [6.07, 6.45) is 7.79. The second-order valence-electron chi connectivity index (χ2n) is 5.24. The van der Waals surface area contributed by atoms with Crippen molar-refractivity contribution < 1.29 is 5.11 Å². The summed E-state index contributed by atoms with van der Waals surface area (Å²) < 4.78 is 0. The average molecular weight is 295 g/mol. The first kappa shape index (κ1) is 17.4. The molecule has 0 bridgehead atoms. The van der Waals surface area contributed by atoms with Crippen LogP contribution in [0.2, 0.25) is 0 Å². The summed E-state index contributed by atoms with van der Waals surface area (Å²) >= 11 is 1.87. The summed E-state index contributed by atoms with van der Waals surface area (Å²) in [4.78, 5) is 0. The minimum absolute atomic E-state index is 0.264. The molecule has 0 aromatic heterocycles. The molecule has 0 saturated carbocycles. The third-order valence-electron chi connectivity index (χ3n) is 3.27. The maximum atomic E-state index is 9.90. The van der Waals surface area contributed by atoms with Crippen LogP contribution in [0.5, 0.6) is 0 Å². The molecule has 114 valence electrons. The molecule has 3 heteroatoms. The second kappa shape index (κ2) is 12.1. The number of para-hydroxylation sites is 1. The summed E-state index contributed by atoms with van der Waals surface area (Å²) in [5.74, 6) is 2.00. The van der Waals surface area contributed by atoms with Gasteiger partial charge >= 0.3 is 0 Å². The Morgan fingerprint density at radius 3 is 2.50 bits per heavy atom. The molecule has 0 aliphatic carbocycles. The standard InChI is InChI=1S/C17H29NOS/c1-2-3-4-5-6-10-13-20-15-17(19)14-18-16-11-8-7-9-12-16/h7-9,11-12,17-19H,2-6,10,13-15H2,1H3. The Balaban J connectivity index is 1.91. The van der Waals surface area contributed by atoms with Crippen molar-refractivity contribution in [3.8, 4) is 0 Å². The van der Waals surface area contributed by atoms with E-state index in [0.717, 1.165) is 11.4 Å². The number of rotatable bonds is 12. The van der Waals surface area contributed by atoms with Crippen molar-refractivity contribution in [3.63, 3.8) is 0 Å². The van der Waals surface area contributed by atoms with E-state index in [1.54, 1.807) is 0 Å². The number of aliphatic hydroxyl groups excluding tert-OH is 1. The number of benzene rings is 1. The van der Waals surface area contributed by atoms with Crippen LogP contribution in [0, 0.1) is 0 Å². The van der Waals surface area contributed by atoms with Crippen LogP contribution in [0.15, 0.2) is 30.3 Å². The van der Waals surface area contributed by atoms with Crippen LogP contribution in [0.25, 0.3) is 0 Å². The molecule has 0 radical (unpaired) electrons. The first-order valence-corrected chi connectivity index (χ1v) is 9.03. The monoisotopic (exact) mass is 295 g/mol. The molecule has 0 heterocycles. The van der Waals surface area contributed by atoms with Gasteiger partial charge in [-0.25, -0.2) is 0 Å². The van der Waals surface area contributed by atoms with E-state index in [1.807, 2.05) is 42.1 Å². The van der Waals surface area contributed by atoms with Crippen molar-refractivity contribution in [1.29, 1.82) is 0 Å². The maximum Gasteiger partial charge on any atom is 0.0802 e. The van der Waals surface area contributed by atoms with Gasteiger partial charge in [-0.05, 0) is 24.3 Å². The van der Waals surface area contributed by atoms with Gasteiger partial charge < -0.3 is 10.4 Å². The quantitative estimate of drug-likeness (QED) is 0.555. The molecule has 1 rings (SSSR count). The van der Waals surface area contributed by atoms with Crippen molar-refractivity contribution in [2.24, 2.45) is 0 Å². The molecule has 0 aliphatic rings. The number of aliphatic hydroxyl groups is 1. The van der Waals surface area contributed by atoms with E-state index in [4.69, 9.17) is 0 Å². The molecule has 2 nitrogen and oxygen atoms in total. The van der Waals surface area contributed by atoms with E-state index >= 15 is 0 Å². The minimum atomic E-state index is -0.264. The maximum absolute atomic E-state index is 9.90. The van der Waals surface area contributed by atoms with Gasteiger partial charge in [-0.1, -0.05) is 57.2 Å². The second-order valence-corrected chi connectivity index (χ2v) is 6.39. The molecule has 0 aliphatic heterocycles. The topological polar surface area (TPSA) is 32.3 Å². The lowest BCUT2D eigenvalue weighted by Crippen LogP contribution is -2.21. The van der Waals surface area contributed by atoms with E-state index in [9.17, 15) is 5.11 Å². The number of hydrogen-bond acceptors (Lipinski definition) is 3. The first-order valence-electron chi connectivity index (χ1n) is 7.87. The van der Waals surface area contributed by atoms with Crippen LogP contribution < -0.4 is 5.32 Å². The fraction of sp³-hybridized carbons (Fsp3) is 0.647. The molecule has 0 spiro atoms. The molecule has 2 N–H and O–H groups in total. The van der Waals surface area contributed by atoms with E-state index in [0.29, 0.717) is 6.54 Å². The number of unbranched alkanes of at least 4 members (excludes halogenated alkanes) is 5. The lowest BCUT2D eigenvalue weighted by molar-refractivity contribution is 0.213. The Kier molecular flexibility index (Phi) is 10.5. The van der Waals surface area contributed by atoms with Gasteiger partial charge in [-0.3, -0.25) is 0 Å².